The van der Waals surface area contributed by atoms with Gasteiger partial charge in [0, 0.05) is 23.5 Å². The number of nitrogens with zero attached hydrogens (tertiary/aromatic N) is 4. The second-order valence-electron chi connectivity index (χ2n) is 6.37. The average Bonchev–Trinajstić information content (AvgIpc) is 2.62. The highest BCUT2D eigenvalue weighted by atomic mass is 16.5. The Balaban J connectivity index is 2.11. The maximum absolute atomic E-state index is 12.9. The minimum atomic E-state index is 0.0734. The summed E-state index contributed by atoms with van der Waals surface area (Å²) in [6.45, 7) is 8.33. The fraction of sp³-hybridized carbons (Fsp3) is 0.474. The first-order chi connectivity index (χ1) is 12.1. The van der Waals surface area contributed by atoms with E-state index < -0.39 is 0 Å². The quantitative estimate of drug-likeness (QED) is 0.836. The lowest BCUT2D eigenvalue weighted by Gasteiger charge is -2.38. The van der Waals surface area contributed by atoms with E-state index in [4.69, 9.17) is 9.72 Å². The molecule has 0 spiro atoms. The smallest absolute Gasteiger partial charge is 0.259 e. The van der Waals surface area contributed by atoms with Crippen LogP contribution in [-0.2, 0) is 13.1 Å². The number of aromatic nitrogens is 2. The summed E-state index contributed by atoms with van der Waals surface area (Å²) in [6, 6.07) is 7.88. The van der Waals surface area contributed by atoms with Crippen molar-refractivity contribution in [2.45, 2.75) is 40.3 Å². The SMILES string of the molecule is CCCN1CN(c2ccc(OC)cc2)c2nc(C)c(CC)c(=O)n2C1. The highest BCUT2D eigenvalue weighted by Gasteiger charge is 2.27. The van der Waals surface area contributed by atoms with Gasteiger partial charge in [-0.1, -0.05) is 13.8 Å². The molecule has 0 amide bonds. The van der Waals surface area contributed by atoms with Crippen LogP contribution in [0.4, 0.5) is 11.6 Å². The van der Waals surface area contributed by atoms with Crippen molar-refractivity contribution >= 4 is 11.6 Å². The van der Waals surface area contributed by atoms with E-state index in [1.165, 1.54) is 0 Å². The van der Waals surface area contributed by atoms with E-state index in [1.807, 2.05) is 38.1 Å². The molecule has 6 nitrogen and oxygen atoms in total. The number of aryl methyl sites for hydroxylation is 1. The fourth-order valence-electron chi connectivity index (χ4n) is 3.35. The second-order valence-corrected chi connectivity index (χ2v) is 6.37. The van der Waals surface area contributed by atoms with Crippen molar-refractivity contribution in [3.8, 4) is 5.75 Å². The lowest BCUT2D eigenvalue weighted by atomic mass is 10.2. The lowest BCUT2D eigenvalue weighted by Crippen LogP contribution is -2.48. The third-order valence-corrected chi connectivity index (χ3v) is 4.65. The molecule has 1 aromatic carbocycles. The van der Waals surface area contributed by atoms with Gasteiger partial charge in [-0.15, -0.1) is 0 Å². The first-order valence-electron chi connectivity index (χ1n) is 8.83. The molecule has 0 N–H and O–H groups in total. The number of methoxy groups -OCH3 is 1. The first kappa shape index (κ1) is 17.5. The van der Waals surface area contributed by atoms with Gasteiger partial charge in [0.05, 0.1) is 20.4 Å². The largest absolute Gasteiger partial charge is 0.497 e. The van der Waals surface area contributed by atoms with Crippen molar-refractivity contribution in [1.29, 1.82) is 0 Å². The monoisotopic (exact) mass is 342 g/mol. The predicted molar refractivity (Wildman–Crippen MR) is 99.6 cm³/mol. The summed E-state index contributed by atoms with van der Waals surface area (Å²) >= 11 is 0. The Bertz CT molecular complexity index is 798. The maximum Gasteiger partial charge on any atom is 0.259 e. The van der Waals surface area contributed by atoms with Crippen molar-refractivity contribution < 1.29 is 4.74 Å². The van der Waals surface area contributed by atoms with Crippen molar-refractivity contribution in [3.05, 3.63) is 45.9 Å². The summed E-state index contributed by atoms with van der Waals surface area (Å²) < 4.78 is 7.06. The topological polar surface area (TPSA) is 50.6 Å². The molecular weight excluding hydrogens is 316 g/mol. The molecule has 2 heterocycles. The van der Waals surface area contributed by atoms with E-state index in [2.05, 4.69) is 16.7 Å². The van der Waals surface area contributed by atoms with Gasteiger partial charge in [-0.2, -0.15) is 0 Å². The molecule has 0 unspecified atom stereocenters. The van der Waals surface area contributed by atoms with Gasteiger partial charge in [-0.3, -0.25) is 19.2 Å². The summed E-state index contributed by atoms with van der Waals surface area (Å²) in [5.41, 5.74) is 2.70. The van der Waals surface area contributed by atoms with Crippen LogP contribution in [-0.4, -0.2) is 34.8 Å². The number of hydrogen-bond donors (Lipinski definition) is 0. The van der Waals surface area contributed by atoms with Crippen LogP contribution in [0.25, 0.3) is 0 Å². The molecule has 134 valence electrons. The van der Waals surface area contributed by atoms with Crippen molar-refractivity contribution in [3.63, 3.8) is 0 Å². The molecule has 0 fully saturated rings. The number of anilines is 2. The molecule has 0 atom stereocenters. The number of benzene rings is 1. The summed E-state index contributed by atoms with van der Waals surface area (Å²) in [5.74, 6) is 1.53. The third kappa shape index (κ3) is 3.26. The number of hydrogen-bond acceptors (Lipinski definition) is 5. The van der Waals surface area contributed by atoms with Gasteiger partial charge >= 0.3 is 0 Å². The van der Waals surface area contributed by atoms with E-state index >= 15 is 0 Å². The molecule has 1 aliphatic rings. The van der Waals surface area contributed by atoms with E-state index in [0.29, 0.717) is 13.1 Å². The van der Waals surface area contributed by atoms with Crippen LogP contribution in [0, 0.1) is 6.92 Å². The average molecular weight is 342 g/mol. The van der Waals surface area contributed by atoms with E-state index in [-0.39, 0.29) is 5.56 Å². The van der Waals surface area contributed by atoms with Crippen molar-refractivity contribution in [2.75, 3.05) is 25.2 Å². The van der Waals surface area contributed by atoms with Gasteiger partial charge in [0.15, 0.2) is 0 Å². The van der Waals surface area contributed by atoms with Gasteiger partial charge in [0.1, 0.15) is 5.75 Å². The van der Waals surface area contributed by atoms with Gasteiger partial charge in [-0.05, 0) is 44.0 Å². The van der Waals surface area contributed by atoms with Gasteiger partial charge in [-0.25, -0.2) is 4.98 Å². The summed E-state index contributed by atoms with van der Waals surface area (Å²) in [4.78, 5) is 22.1. The molecule has 3 rings (SSSR count). The zero-order valence-corrected chi connectivity index (χ0v) is 15.5. The van der Waals surface area contributed by atoms with Gasteiger partial charge in [0.25, 0.3) is 5.56 Å². The predicted octanol–water partition coefficient (Wildman–Crippen LogP) is 2.90. The summed E-state index contributed by atoms with van der Waals surface area (Å²) in [5, 5.41) is 0. The van der Waals surface area contributed by atoms with E-state index in [9.17, 15) is 4.79 Å². The Morgan fingerprint density at radius 2 is 1.88 bits per heavy atom. The van der Waals surface area contributed by atoms with Gasteiger partial charge < -0.3 is 4.74 Å². The van der Waals surface area contributed by atoms with Crippen LogP contribution in [0.5, 0.6) is 5.75 Å². The van der Waals surface area contributed by atoms with Crippen LogP contribution in [0.1, 0.15) is 31.5 Å². The van der Waals surface area contributed by atoms with Crippen LogP contribution < -0.4 is 15.2 Å². The molecule has 0 bridgehead atoms. The molecule has 1 aromatic heterocycles. The summed E-state index contributed by atoms with van der Waals surface area (Å²) in [6.07, 6.45) is 1.74. The van der Waals surface area contributed by atoms with Crippen molar-refractivity contribution in [2.24, 2.45) is 0 Å². The molecule has 25 heavy (non-hydrogen) atoms. The molecule has 2 aromatic rings. The van der Waals surface area contributed by atoms with E-state index in [1.54, 1.807) is 11.7 Å². The minimum absolute atomic E-state index is 0.0734. The Kier molecular flexibility index (Phi) is 5.08. The van der Waals surface area contributed by atoms with Crippen LogP contribution in [0.3, 0.4) is 0 Å². The van der Waals surface area contributed by atoms with Gasteiger partial charge in [0.2, 0.25) is 5.95 Å². The third-order valence-electron chi connectivity index (χ3n) is 4.65. The zero-order valence-electron chi connectivity index (χ0n) is 15.5. The summed E-state index contributed by atoms with van der Waals surface area (Å²) in [7, 11) is 1.66. The molecular formula is C19H26N4O2. The standard InChI is InChI=1S/C19H26N4O2/c1-5-11-21-12-22(15-7-9-16(25-4)10-8-15)19-20-14(3)17(6-2)18(24)23(19)13-21/h7-10H,5-6,11-13H2,1-4H3. The normalized spacial score (nSPS) is 14.5. The first-order valence-corrected chi connectivity index (χ1v) is 8.83. The fourth-order valence-corrected chi connectivity index (χ4v) is 3.35. The van der Waals surface area contributed by atoms with Crippen LogP contribution in [0.2, 0.25) is 0 Å². The second kappa shape index (κ2) is 7.27. The zero-order chi connectivity index (χ0) is 18.0. The Morgan fingerprint density at radius 3 is 2.48 bits per heavy atom. The number of ether oxygens (including phenoxy) is 1. The molecule has 0 radical (unpaired) electrons. The Hall–Kier alpha value is -2.34. The van der Waals surface area contributed by atoms with Crippen molar-refractivity contribution in [1.82, 2.24) is 14.5 Å². The Morgan fingerprint density at radius 1 is 1.16 bits per heavy atom. The molecule has 0 saturated carbocycles. The molecule has 6 heteroatoms. The highest BCUT2D eigenvalue weighted by molar-refractivity contribution is 5.59. The Labute approximate surface area is 148 Å². The van der Waals surface area contributed by atoms with Crippen LogP contribution >= 0.6 is 0 Å². The van der Waals surface area contributed by atoms with Crippen LogP contribution in [0.15, 0.2) is 29.1 Å². The maximum atomic E-state index is 12.9. The number of fused-ring (bicyclic) bond motifs is 1. The molecule has 0 saturated heterocycles. The van der Waals surface area contributed by atoms with E-state index in [0.717, 1.165) is 48.3 Å². The molecule has 0 aliphatic carbocycles. The minimum Gasteiger partial charge on any atom is -0.497 e. The lowest BCUT2D eigenvalue weighted by molar-refractivity contribution is 0.198. The molecule has 1 aliphatic heterocycles. The number of rotatable bonds is 5. The highest BCUT2D eigenvalue weighted by Crippen LogP contribution is 2.29.